The van der Waals surface area contributed by atoms with Gasteiger partial charge in [-0.3, -0.25) is 0 Å². The molecule has 212 valence electrons. The van der Waals surface area contributed by atoms with Gasteiger partial charge >= 0.3 is 0 Å². The average molecular weight is 477 g/mol. The van der Waals surface area contributed by atoms with Gasteiger partial charge in [0.15, 0.2) is 0 Å². The lowest BCUT2D eigenvalue weighted by molar-refractivity contribution is 0.457. The molecule has 0 saturated heterocycles. The largest absolute Gasteiger partial charge is 0.0654 e. The minimum atomic E-state index is 0.833. The summed E-state index contributed by atoms with van der Waals surface area (Å²) in [5, 5.41) is 0. The zero-order valence-electron chi connectivity index (χ0n) is 28.7. The van der Waals surface area contributed by atoms with Crippen molar-refractivity contribution in [1.82, 2.24) is 0 Å². The first-order chi connectivity index (χ1) is 14.6. The summed E-state index contributed by atoms with van der Waals surface area (Å²) in [5.41, 5.74) is 0. The highest BCUT2D eigenvalue weighted by molar-refractivity contribution is 4.46. The van der Waals surface area contributed by atoms with E-state index in [2.05, 4.69) is 152 Å². The van der Waals surface area contributed by atoms with Crippen molar-refractivity contribution in [3.05, 3.63) is 0 Å². The molecule has 0 amide bonds. The van der Waals surface area contributed by atoms with E-state index in [-0.39, 0.29) is 0 Å². The topological polar surface area (TPSA) is 0 Å². The van der Waals surface area contributed by atoms with E-state index in [1.807, 2.05) is 0 Å². The van der Waals surface area contributed by atoms with Crippen molar-refractivity contribution in [3.63, 3.8) is 0 Å². The molecule has 0 aliphatic carbocycles. The van der Waals surface area contributed by atoms with Gasteiger partial charge in [0.05, 0.1) is 0 Å². The second-order valence-electron chi connectivity index (χ2n) is 13.4. The lowest BCUT2D eigenvalue weighted by atomic mass is 10.0. The molecule has 33 heavy (non-hydrogen) atoms. The average Bonchev–Trinajstić information content (AvgIpc) is 2.53. The van der Waals surface area contributed by atoms with E-state index in [1.165, 1.54) is 19.3 Å². The monoisotopic (exact) mass is 477 g/mol. The summed E-state index contributed by atoms with van der Waals surface area (Å²) in [5.74, 6) is 6.82. The Morgan fingerprint density at radius 1 is 0.333 bits per heavy atom. The Balaban J connectivity index is -0.0000000482. The third kappa shape index (κ3) is 356. The molecule has 0 aliphatic heterocycles. The Kier molecular flexibility index (Phi) is 63.9. The lowest BCUT2D eigenvalue weighted by Crippen LogP contribution is -1.95. The van der Waals surface area contributed by atoms with E-state index in [9.17, 15) is 0 Å². The van der Waals surface area contributed by atoms with Crippen molar-refractivity contribution < 1.29 is 0 Å². The first-order valence-corrected chi connectivity index (χ1v) is 14.6. The Hall–Kier alpha value is 0. The number of rotatable bonds is 4. The third-order valence-electron chi connectivity index (χ3n) is 3.02. The van der Waals surface area contributed by atoms with Gasteiger partial charge in [-0.2, -0.15) is 0 Å². The molecule has 0 atom stereocenters. The summed E-state index contributed by atoms with van der Waals surface area (Å²) in [6.07, 6.45) is 4.01. The number of hydrogen-bond donors (Lipinski definition) is 0. The molecular weight excluding hydrogens is 396 g/mol. The summed E-state index contributed by atoms with van der Waals surface area (Å²) < 4.78 is 0. The van der Waals surface area contributed by atoms with Crippen LogP contribution in [0.3, 0.4) is 0 Å². The normalized spacial score (nSPS) is 9.64. The molecule has 0 radical (unpaired) electrons. The maximum atomic E-state index is 2.25. The second kappa shape index (κ2) is 42.2. The van der Waals surface area contributed by atoms with Crippen LogP contribution < -0.4 is 0 Å². The quantitative estimate of drug-likeness (QED) is 0.378. The van der Waals surface area contributed by atoms with Gasteiger partial charge in [-0.1, -0.05) is 172 Å². The van der Waals surface area contributed by atoms with Crippen LogP contribution in [0.15, 0.2) is 0 Å². The van der Waals surface area contributed by atoms with Crippen molar-refractivity contribution in [1.29, 1.82) is 0 Å². The summed E-state index contributed by atoms with van der Waals surface area (Å²) in [6.45, 7) is 48.3. The molecular formula is C33H80. The van der Waals surface area contributed by atoms with Crippen LogP contribution in [0, 0.1) is 47.3 Å². The molecule has 0 nitrogen and oxygen atoms in total. The fourth-order valence-electron chi connectivity index (χ4n) is 0.577. The van der Waals surface area contributed by atoms with Gasteiger partial charge in [0.2, 0.25) is 0 Å². The van der Waals surface area contributed by atoms with Crippen molar-refractivity contribution in [2.45, 2.75) is 172 Å². The number of hydrogen-bond acceptors (Lipinski definition) is 0. The van der Waals surface area contributed by atoms with Crippen molar-refractivity contribution >= 4 is 0 Å². The van der Waals surface area contributed by atoms with Gasteiger partial charge in [-0.25, -0.2) is 0 Å². The molecule has 0 spiro atoms. The van der Waals surface area contributed by atoms with Gasteiger partial charge in [0, 0.05) is 0 Å². The Morgan fingerprint density at radius 3 is 0.485 bits per heavy atom. The Labute approximate surface area is 218 Å². The van der Waals surface area contributed by atoms with E-state index in [4.69, 9.17) is 0 Å². The van der Waals surface area contributed by atoms with Gasteiger partial charge in [-0.15, -0.1) is 0 Å². The summed E-state index contributed by atoms with van der Waals surface area (Å²) >= 11 is 0. The predicted octanol–water partition coefficient (Wildman–Crippen LogP) is 13.4. The fourth-order valence-corrected chi connectivity index (χ4v) is 0.577. The zero-order chi connectivity index (χ0) is 28.7. The predicted molar refractivity (Wildman–Crippen MR) is 167 cm³/mol. The van der Waals surface area contributed by atoms with Crippen LogP contribution in [-0.2, 0) is 0 Å². The molecule has 0 fully saturated rings. The molecule has 0 N–H and O–H groups in total. The minimum Gasteiger partial charge on any atom is -0.0654 e. The van der Waals surface area contributed by atoms with Crippen molar-refractivity contribution in [3.8, 4) is 0 Å². The summed E-state index contributed by atoms with van der Waals surface area (Å²) in [7, 11) is 0. The van der Waals surface area contributed by atoms with E-state index < -0.39 is 0 Å². The first kappa shape index (κ1) is 50.0. The maximum absolute atomic E-state index is 2.25. The zero-order valence-corrected chi connectivity index (χ0v) is 28.7. The molecule has 0 saturated carbocycles. The van der Waals surface area contributed by atoms with E-state index in [0.717, 1.165) is 47.3 Å². The van der Waals surface area contributed by atoms with Gasteiger partial charge in [-0.05, 0) is 47.3 Å². The molecule has 0 aromatic heterocycles. The highest BCUT2D eigenvalue weighted by Crippen LogP contribution is 2.05. The van der Waals surface area contributed by atoms with E-state index in [0.29, 0.717) is 0 Å². The van der Waals surface area contributed by atoms with Gasteiger partial charge < -0.3 is 0 Å². The van der Waals surface area contributed by atoms with Crippen LogP contribution in [-0.4, -0.2) is 0 Å². The Morgan fingerprint density at radius 2 is 0.485 bits per heavy atom. The molecule has 0 aliphatic rings. The highest BCUT2D eigenvalue weighted by Gasteiger charge is 1.95. The van der Waals surface area contributed by atoms with Gasteiger partial charge in [0.25, 0.3) is 0 Å². The van der Waals surface area contributed by atoms with Crippen LogP contribution in [0.5, 0.6) is 0 Å². The van der Waals surface area contributed by atoms with E-state index in [1.54, 1.807) is 0 Å². The second-order valence-corrected chi connectivity index (χ2v) is 13.4. The van der Waals surface area contributed by atoms with Crippen LogP contribution in [0.4, 0.5) is 0 Å². The molecule has 0 heterocycles. The van der Waals surface area contributed by atoms with Crippen LogP contribution in [0.2, 0.25) is 0 Å². The maximum Gasteiger partial charge on any atom is -0.0448 e. The van der Waals surface area contributed by atoms with Crippen LogP contribution in [0.1, 0.15) is 172 Å². The highest BCUT2D eigenvalue weighted by atomic mass is 14.0. The van der Waals surface area contributed by atoms with E-state index >= 15 is 0 Å². The van der Waals surface area contributed by atoms with Gasteiger partial charge in [0.1, 0.15) is 0 Å². The summed E-state index contributed by atoms with van der Waals surface area (Å²) in [4.78, 5) is 0. The molecule has 0 heteroatoms. The molecule has 0 aromatic rings. The smallest absolute Gasteiger partial charge is 0.0448 e. The molecule has 0 rings (SSSR count). The minimum absolute atomic E-state index is 0.833. The fraction of sp³-hybridized carbons (Fsp3) is 1.00. The lowest BCUT2D eigenvalue weighted by Gasteiger charge is -2.05. The Bertz CT molecular complexity index is 200. The summed E-state index contributed by atoms with van der Waals surface area (Å²) in [6, 6.07) is 0. The van der Waals surface area contributed by atoms with Crippen molar-refractivity contribution in [2.24, 2.45) is 47.3 Å². The van der Waals surface area contributed by atoms with Crippen LogP contribution in [0.25, 0.3) is 0 Å². The third-order valence-corrected chi connectivity index (χ3v) is 3.02. The molecule has 0 aromatic carbocycles. The van der Waals surface area contributed by atoms with Crippen LogP contribution >= 0.6 is 0 Å². The van der Waals surface area contributed by atoms with Crippen molar-refractivity contribution in [2.75, 3.05) is 0 Å². The standard InChI is InChI=1S/2C6H14.C5H12.4C4H10/c1-5(2)6(3)4;1-4-5-6(2)3;1-4-5(2)3;4*1-4(2)3/h5-6H,1-4H3;6H,4-5H2,1-3H3;5H,4H2,1-3H3;4*4H,1-3H3. The molecule has 0 unspecified atom stereocenters. The first-order valence-electron chi connectivity index (χ1n) is 14.6. The SMILES string of the molecule is CC(C)C.CC(C)C.CC(C)C.CC(C)C.CC(C)C(C)C.CCC(C)C.CCCC(C)C. The molecule has 0 bridgehead atoms.